The number of anilines is 1. The average Bonchev–Trinajstić information content (AvgIpc) is 2.64. The normalized spacial score (nSPS) is 18.1. The molecule has 1 heterocycles. The highest BCUT2D eigenvalue weighted by Crippen LogP contribution is 2.24. The third-order valence-electron chi connectivity index (χ3n) is 4.84. The van der Waals surface area contributed by atoms with Gasteiger partial charge in [0.05, 0.1) is 0 Å². The number of piperazine rings is 1. The lowest BCUT2D eigenvalue weighted by Crippen LogP contribution is -2.52. The second kappa shape index (κ2) is 11.0. The Morgan fingerprint density at radius 2 is 1.93 bits per heavy atom. The number of ether oxygens (including phenoxy) is 1. The minimum absolute atomic E-state index is 0.584. The number of hydrogen-bond donors (Lipinski definition) is 3. The molecule has 0 saturated carbocycles. The molecule has 3 N–H and O–H groups in total. The summed E-state index contributed by atoms with van der Waals surface area (Å²) in [5.41, 5.74) is 0.124. The zero-order valence-electron chi connectivity index (χ0n) is 16.9. The molecule has 1 aliphatic rings. The van der Waals surface area contributed by atoms with Crippen molar-refractivity contribution in [2.75, 3.05) is 43.2 Å². The van der Waals surface area contributed by atoms with E-state index in [-0.39, 0.29) is 0 Å². The first-order valence-electron chi connectivity index (χ1n) is 9.96. The second-order valence-corrected chi connectivity index (χ2v) is 8.96. The summed E-state index contributed by atoms with van der Waals surface area (Å²) in [6.45, 7) is 10.4. The van der Waals surface area contributed by atoms with Gasteiger partial charge in [-0.1, -0.05) is 19.8 Å². The molecule has 154 valence electrons. The van der Waals surface area contributed by atoms with Gasteiger partial charge in [0, 0.05) is 44.2 Å². The van der Waals surface area contributed by atoms with Crippen LogP contribution >= 0.6 is 0 Å². The van der Waals surface area contributed by atoms with E-state index in [2.05, 4.69) is 21.9 Å². The summed E-state index contributed by atoms with van der Waals surface area (Å²) in [4.78, 5) is 2.26. The molecule has 7 heteroatoms. The van der Waals surface area contributed by atoms with Crippen LogP contribution in [-0.4, -0.2) is 64.4 Å². The molecule has 0 aliphatic carbocycles. The van der Waals surface area contributed by atoms with Gasteiger partial charge in [-0.05, 0) is 44.5 Å². The van der Waals surface area contributed by atoms with Gasteiger partial charge in [0.1, 0.15) is 28.4 Å². The van der Waals surface area contributed by atoms with E-state index in [1.165, 1.54) is 0 Å². The average molecular weight is 398 g/mol. The smallest absolute Gasteiger partial charge is 0.130 e. The van der Waals surface area contributed by atoms with Gasteiger partial charge >= 0.3 is 0 Å². The van der Waals surface area contributed by atoms with Gasteiger partial charge in [0.2, 0.25) is 0 Å². The van der Waals surface area contributed by atoms with E-state index >= 15 is 0 Å². The molecule has 2 rings (SSSR count). The van der Waals surface area contributed by atoms with Crippen molar-refractivity contribution >= 4 is 16.7 Å². The predicted octanol–water partition coefficient (Wildman–Crippen LogP) is 2.38. The predicted molar refractivity (Wildman–Crippen MR) is 113 cm³/mol. The Labute approximate surface area is 166 Å². The van der Waals surface area contributed by atoms with Gasteiger partial charge in [-0.15, -0.1) is 0 Å². The third-order valence-corrected chi connectivity index (χ3v) is 5.97. The van der Waals surface area contributed by atoms with Crippen LogP contribution in [0.25, 0.3) is 0 Å². The van der Waals surface area contributed by atoms with Crippen molar-refractivity contribution in [1.29, 1.82) is 0 Å². The molecule has 2 atom stereocenters. The van der Waals surface area contributed by atoms with E-state index < -0.39 is 22.7 Å². The van der Waals surface area contributed by atoms with Gasteiger partial charge in [0.25, 0.3) is 0 Å². The van der Waals surface area contributed by atoms with E-state index in [0.29, 0.717) is 18.0 Å². The van der Waals surface area contributed by atoms with Crippen LogP contribution in [0.3, 0.4) is 0 Å². The number of β-amino-alcohol motifs (C(OH)–C–C–N with tert-alkyl or cyclic N) is 1. The maximum atomic E-state index is 12.0. The number of hydrogen-bond acceptors (Lipinski definition) is 5. The molecule has 0 radical (unpaired) electrons. The maximum Gasteiger partial charge on any atom is 0.130 e. The van der Waals surface area contributed by atoms with Crippen LogP contribution in [0.15, 0.2) is 24.3 Å². The van der Waals surface area contributed by atoms with Gasteiger partial charge in [-0.2, -0.15) is 0 Å². The first kappa shape index (κ1) is 22.1. The molecular weight excluding hydrogens is 362 g/mol. The lowest BCUT2D eigenvalue weighted by molar-refractivity contribution is -0.0455. The Hall–Kier alpha value is -1.15. The highest BCUT2D eigenvalue weighted by molar-refractivity contribution is 7.86. The fourth-order valence-electron chi connectivity index (χ4n) is 2.99. The fraction of sp³-hybridized carbons (Fsp3) is 0.700. The molecule has 0 spiro atoms. The fourth-order valence-corrected chi connectivity index (χ4v) is 3.95. The summed E-state index contributed by atoms with van der Waals surface area (Å²) >= 11 is 0. The Bertz CT molecular complexity index is 574. The third kappa shape index (κ3) is 7.78. The standard InChI is InChI=1S/C20H35N3O3S/c1-4-5-6-15-27(25)22-17-7-9-18(10-8-17)26-20(2,3)19(24)16-23-13-11-21-12-14-23/h7-10,19,21-22,24H,4-6,11-16H2,1-3H3. The first-order chi connectivity index (χ1) is 12.9. The number of nitrogens with zero attached hydrogens (tertiary/aromatic N) is 1. The molecule has 27 heavy (non-hydrogen) atoms. The quantitative estimate of drug-likeness (QED) is 0.500. The maximum absolute atomic E-state index is 12.0. The van der Waals surface area contributed by atoms with Crippen molar-refractivity contribution < 1.29 is 14.1 Å². The monoisotopic (exact) mass is 397 g/mol. The Kier molecular flexibility index (Phi) is 9.02. The van der Waals surface area contributed by atoms with Gasteiger partial charge in [0.15, 0.2) is 0 Å². The van der Waals surface area contributed by atoms with E-state index in [0.717, 1.165) is 51.1 Å². The molecule has 1 aliphatic heterocycles. The van der Waals surface area contributed by atoms with Crippen molar-refractivity contribution in [2.24, 2.45) is 0 Å². The number of aliphatic hydroxyl groups is 1. The summed E-state index contributed by atoms with van der Waals surface area (Å²) < 4.78 is 21.1. The number of unbranched alkanes of at least 4 members (excludes halogenated alkanes) is 2. The number of nitrogens with one attached hydrogen (secondary N) is 2. The van der Waals surface area contributed by atoms with E-state index in [9.17, 15) is 9.32 Å². The van der Waals surface area contributed by atoms with Crippen LogP contribution in [0.5, 0.6) is 5.75 Å². The van der Waals surface area contributed by atoms with Crippen LogP contribution in [-0.2, 0) is 11.0 Å². The minimum Gasteiger partial charge on any atom is -0.485 e. The highest BCUT2D eigenvalue weighted by Gasteiger charge is 2.31. The molecule has 0 aromatic heterocycles. The van der Waals surface area contributed by atoms with Crippen molar-refractivity contribution in [3.05, 3.63) is 24.3 Å². The molecule has 0 bridgehead atoms. The lowest BCUT2D eigenvalue weighted by Gasteiger charge is -2.36. The van der Waals surface area contributed by atoms with Crippen molar-refractivity contribution in [3.8, 4) is 5.75 Å². The summed E-state index contributed by atoms with van der Waals surface area (Å²) in [5, 5.41) is 13.9. The topological polar surface area (TPSA) is 73.8 Å². The number of benzene rings is 1. The molecular formula is C20H35N3O3S. The molecule has 1 aromatic carbocycles. The van der Waals surface area contributed by atoms with Gasteiger partial charge in [-0.3, -0.25) is 4.90 Å². The Morgan fingerprint density at radius 3 is 2.56 bits per heavy atom. The van der Waals surface area contributed by atoms with Crippen molar-refractivity contribution in [3.63, 3.8) is 0 Å². The van der Waals surface area contributed by atoms with Crippen molar-refractivity contribution in [2.45, 2.75) is 51.7 Å². The van der Waals surface area contributed by atoms with Crippen LogP contribution in [0.2, 0.25) is 0 Å². The summed E-state index contributed by atoms with van der Waals surface area (Å²) in [6, 6.07) is 7.44. The van der Waals surface area contributed by atoms with Crippen molar-refractivity contribution in [1.82, 2.24) is 10.2 Å². The summed E-state index contributed by atoms with van der Waals surface area (Å²) in [6.07, 6.45) is 2.61. The van der Waals surface area contributed by atoms with Gasteiger partial charge in [-0.25, -0.2) is 4.21 Å². The van der Waals surface area contributed by atoms with Crippen LogP contribution in [0, 0.1) is 0 Å². The minimum atomic E-state index is -1.05. The first-order valence-corrected chi connectivity index (χ1v) is 11.3. The summed E-state index contributed by atoms with van der Waals surface area (Å²) in [7, 11) is -1.05. The van der Waals surface area contributed by atoms with Crippen LogP contribution in [0.1, 0.15) is 40.0 Å². The van der Waals surface area contributed by atoms with E-state index in [1.54, 1.807) is 0 Å². The van der Waals surface area contributed by atoms with Crippen LogP contribution < -0.4 is 14.8 Å². The second-order valence-electron chi connectivity index (χ2n) is 7.66. The zero-order chi connectivity index (χ0) is 19.7. The van der Waals surface area contributed by atoms with Crippen LogP contribution in [0.4, 0.5) is 5.69 Å². The molecule has 1 aromatic rings. The molecule has 1 fully saturated rings. The largest absolute Gasteiger partial charge is 0.485 e. The Balaban J connectivity index is 1.83. The molecule has 1 saturated heterocycles. The van der Waals surface area contributed by atoms with E-state index in [4.69, 9.17) is 4.74 Å². The van der Waals surface area contributed by atoms with E-state index in [1.807, 2.05) is 38.1 Å². The SMILES string of the molecule is CCCCCS(=O)Nc1ccc(OC(C)(C)C(O)CN2CCNCC2)cc1. The molecule has 2 unspecified atom stereocenters. The summed E-state index contributed by atoms with van der Waals surface area (Å²) in [5.74, 6) is 1.36. The highest BCUT2D eigenvalue weighted by atomic mass is 32.2. The zero-order valence-corrected chi connectivity index (χ0v) is 17.7. The van der Waals surface area contributed by atoms with Gasteiger partial charge < -0.3 is 19.9 Å². The Morgan fingerprint density at radius 1 is 1.26 bits per heavy atom. The lowest BCUT2D eigenvalue weighted by atomic mass is 10.0. The molecule has 0 amide bonds. The molecule has 6 nitrogen and oxygen atoms in total. The number of rotatable bonds is 11. The number of aliphatic hydroxyl groups excluding tert-OH is 1.